The highest BCUT2D eigenvalue weighted by Crippen LogP contribution is 2.34. The Labute approximate surface area is 157 Å². The highest BCUT2D eigenvalue weighted by molar-refractivity contribution is 7.18. The Hall–Kier alpha value is -1.70. The van der Waals surface area contributed by atoms with Gasteiger partial charge in [0.1, 0.15) is 4.83 Å². The van der Waals surface area contributed by atoms with Gasteiger partial charge in [-0.1, -0.05) is 6.08 Å². The molecule has 2 aromatic rings. The molecule has 4 rings (SSSR count). The molecule has 0 spiro atoms. The maximum absolute atomic E-state index is 13.2. The van der Waals surface area contributed by atoms with Crippen LogP contribution in [0.5, 0.6) is 0 Å². The van der Waals surface area contributed by atoms with Crippen molar-refractivity contribution >= 4 is 27.5 Å². The minimum Gasteiger partial charge on any atom is -0.379 e. The van der Waals surface area contributed by atoms with E-state index < -0.39 is 0 Å². The molecule has 1 saturated heterocycles. The number of nitrogens with zero attached hydrogens (tertiary/aromatic N) is 3. The summed E-state index contributed by atoms with van der Waals surface area (Å²) < 4.78 is 7.12. The third-order valence-electron chi connectivity index (χ3n) is 5.20. The lowest BCUT2D eigenvalue weighted by molar-refractivity contribution is 0.0398. The van der Waals surface area contributed by atoms with Crippen LogP contribution in [0.25, 0.3) is 10.2 Å². The highest BCUT2D eigenvalue weighted by Gasteiger charge is 2.21. The van der Waals surface area contributed by atoms with Crippen LogP contribution in [-0.4, -0.2) is 53.8 Å². The van der Waals surface area contributed by atoms with Crippen molar-refractivity contribution in [3.05, 3.63) is 33.4 Å². The van der Waals surface area contributed by atoms with Gasteiger partial charge < -0.3 is 10.1 Å². The number of ether oxygens (including phenoxy) is 1. The molecular weight excluding hydrogens is 348 g/mol. The van der Waals surface area contributed by atoms with Gasteiger partial charge in [0.2, 0.25) is 5.95 Å². The average molecular weight is 375 g/mol. The van der Waals surface area contributed by atoms with E-state index in [1.807, 2.05) is 0 Å². The molecule has 0 saturated carbocycles. The van der Waals surface area contributed by atoms with Gasteiger partial charge in [0.05, 0.1) is 18.6 Å². The Morgan fingerprint density at radius 1 is 1.27 bits per heavy atom. The number of aromatic nitrogens is 2. The van der Waals surface area contributed by atoms with Gasteiger partial charge in [-0.05, 0) is 31.2 Å². The molecule has 2 aromatic heterocycles. The Kier molecular flexibility index (Phi) is 5.38. The second-order valence-corrected chi connectivity index (χ2v) is 8.00. The molecule has 1 fully saturated rings. The predicted octanol–water partition coefficient (Wildman–Crippen LogP) is 2.27. The van der Waals surface area contributed by atoms with E-state index in [1.54, 1.807) is 22.0 Å². The van der Waals surface area contributed by atoms with Crippen molar-refractivity contribution in [2.45, 2.75) is 32.2 Å². The van der Waals surface area contributed by atoms with Crippen LogP contribution in [0.15, 0.2) is 17.4 Å². The van der Waals surface area contributed by atoms with Gasteiger partial charge in [0, 0.05) is 37.6 Å². The molecule has 2 aliphatic rings. The van der Waals surface area contributed by atoms with Gasteiger partial charge in [-0.15, -0.1) is 17.9 Å². The van der Waals surface area contributed by atoms with Crippen molar-refractivity contribution in [1.82, 2.24) is 14.5 Å². The molecule has 140 valence electrons. The van der Waals surface area contributed by atoms with Crippen molar-refractivity contribution in [1.29, 1.82) is 0 Å². The zero-order valence-corrected chi connectivity index (χ0v) is 15.9. The minimum atomic E-state index is 0.0724. The maximum atomic E-state index is 13.2. The first-order chi connectivity index (χ1) is 12.8. The fourth-order valence-corrected chi connectivity index (χ4v) is 5.07. The molecule has 7 heteroatoms. The fourth-order valence-electron chi connectivity index (χ4n) is 3.82. The van der Waals surface area contributed by atoms with Crippen LogP contribution in [0.1, 0.15) is 23.3 Å². The number of fused-ring (bicyclic) bond motifs is 3. The summed E-state index contributed by atoms with van der Waals surface area (Å²) >= 11 is 1.70. The van der Waals surface area contributed by atoms with Gasteiger partial charge in [0.25, 0.3) is 5.56 Å². The Balaban J connectivity index is 1.61. The van der Waals surface area contributed by atoms with Gasteiger partial charge in [-0.25, -0.2) is 4.98 Å². The molecule has 1 aliphatic heterocycles. The molecule has 0 unspecified atom stereocenters. The van der Waals surface area contributed by atoms with Crippen molar-refractivity contribution < 1.29 is 4.74 Å². The number of nitrogens with one attached hydrogen (secondary N) is 1. The van der Waals surface area contributed by atoms with Gasteiger partial charge in [0.15, 0.2) is 0 Å². The van der Waals surface area contributed by atoms with E-state index in [4.69, 9.17) is 9.72 Å². The van der Waals surface area contributed by atoms with E-state index in [0.29, 0.717) is 12.5 Å². The van der Waals surface area contributed by atoms with Crippen LogP contribution in [0.2, 0.25) is 0 Å². The summed E-state index contributed by atoms with van der Waals surface area (Å²) in [7, 11) is 0. The van der Waals surface area contributed by atoms with E-state index in [0.717, 1.165) is 62.5 Å². The van der Waals surface area contributed by atoms with Crippen molar-refractivity contribution in [2.24, 2.45) is 0 Å². The predicted molar refractivity (Wildman–Crippen MR) is 106 cm³/mol. The third-order valence-corrected chi connectivity index (χ3v) is 6.39. The molecule has 0 aromatic carbocycles. The Morgan fingerprint density at radius 2 is 2.08 bits per heavy atom. The van der Waals surface area contributed by atoms with Crippen molar-refractivity contribution in [3.63, 3.8) is 0 Å². The van der Waals surface area contributed by atoms with Crippen LogP contribution < -0.4 is 10.9 Å². The molecule has 0 radical (unpaired) electrons. The van der Waals surface area contributed by atoms with Crippen LogP contribution in [0, 0.1) is 0 Å². The maximum Gasteiger partial charge on any atom is 0.264 e. The summed E-state index contributed by atoms with van der Waals surface area (Å²) in [6, 6.07) is 0. The summed E-state index contributed by atoms with van der Waals surface area (Å²) in [6.45, 7) is 9.50. The van der Waals surface area contributed by atoms with Gasteiger partial charge in [-0.3, -0.25) is 14.3 Å². The lowest BCUT2D eigenvalue weighted by Crippen LogP contribution is -2.39. The first-order valence-corrected chi connectivity index (χ1v) is 10.3. The normalized spacial score (nSPS) is 18.0. The second kappa shape index (κ2) is 7.90. The summed E-state index contributed by atoms with van der Waals surface area (Å²) in [6.07, 6.45) is 6.23. The molecular formula is C19H26N4O2S. The molecule has 6 nitrogen and oxygen atoms in total. The zero-order valence-electron chi connectivity index (χ0n) is 15.1. The first kappa shape index (κ1) is 17.7. The zero-order chi connectivity index (χ0) is 17.9. The molecule has 26 heavy (non-hydrogen) atoms. The molecule has 0 atom stereocenters. The number of allylic oxidation sites excluding steroid dienone is 1. The number of rotatable bonds is 6. The summed E-state index contributed by atoms with van der Waals surface area (Å²) in [5.41, 5.74) is 1.31. The highest BCUT2D eigenvalue weighted by atomic mass is 32.1. The van der Waals surface area contributed by atoms with E-state index >= 15 is 0 Å². The smallest absolute Gasteiger partial charge is 0.264 e. The number of hydrogen-bond donors (Lipinski definition) is 1. The van der Waals surface area contributed by atoms with Crippen molar-refractivity contribution in [3.8, 4) is 0 Å². The minimum absolute atomic E-state index is 0.0724. The summed E-state index contributed by atoms with van der Waals surface area (Å²) in [4.78, 5) is 22.6. The topological polar surface area (TPSA) is 59.4 Å². The van der Waals surface area contributed by atoms with E-state index in [2.05, 4.69) is 16.8 Å². The van der Waals surface area contributed by atoms with Crippen molar-refractivity contribution in [2.75, 3.05) is 44.7 Å². The van der Waals surface area contributed by atoms with Crippen LogP contribution in [0.3, 0.4) is 0 Å². The number of hydrogen-bond acceptors (Lipinski definition) is 6. The number of thiophene rings is 1. The average Bonchev–Trinajstić information content (AvgIpc) is 3.04. The second-order valence-electron chi connectivity index (χ2n) is 6.91. The van der Waals surface area contributed by atoms with E-state index in [-0.39, 0.29) is 5.56 Å². The van der Waals surface area contributed by atoms with E-state index in [1.165, 1.54) is 23.3 Å². The molecule has 1 N–H and O–H groups in total. The lowest BCUT2D eigenvalue weighted by Gasteiger charge is -2.26. The van der Waals surface area contributed by atoms with Gasteiger partial charge >= 0.3 is 0 Å². The SMILES string of the molecule is C=CCn1c(NCCN2CCOCC2)nc2sc3c(c2c1=O)CCCC3. The third kappa shape index (κ3) is 3.43. The fraction of sp³-hybridized carbons (Fsp3) is 0.579. The van der Waals surface area contributed by atoms with Gasteiger partial charge in [-0.2, -0.15) is 0 Å². The number of anilines is 1. The Morgan fingerprint density at radius 3 is 2.88 bits per heavy atom. The molecule has 0 bridgehead atoms. The van der Waals surface area contributed by atoms with Crippen LogP contribution >= 0.6 is 11.3 Å². The van der Waals surface area contributed by atoms with Crippen LogP contribution in [0.4, 0.5) is 5.95 Å². The lowest BCUT2D eigenvalue weighted by atomic mass is 9.97. The number of morpholine rings is 1. The van der Waals surface area contributed by atoms with Crippen LogP contribution in [-0.2, 0) is 24.1 Å². The largest absolute Gasteiger partial charge is 0.379 e. The molecule has 0 amide bonds. The standard InChI is InChI=1S/C19H26N4O2S/c1-2-8-23-18(24)16-14-5-3-4-6-15(14)26-17(16)21-19(23)20-7-9-22-10-12-25-13-11-22/h2H,1,3-13H2,(H,20,21). The van der Waals surface area contributed by atoms with E-state index in [9.17, 15) is 4.79 Å². The number of aryl methyl sites for hydroxylation is 2. The summed E-state index contributed by atoms with van der Waals surface area (Å²) in [5.74, 6) is 0.661. The summed E-state index contributed by atoms with van der Waals surface area (Å²) in [5, 5.41) is 4.23. The first-order valence-electron chi connectivity index (χ1n) is 9.48. The monoisotopic (exact) mass is 374 g/mol. The quantitative estimate of drug-likeness (QED) is 0.786. The Bertz CT molecular complexity index is 851. The molecule has 3 heterocycles. The molecule has 1 aliphatic carbocycles.